The molecule has 156 valence electrons. The molecular formula is C21H23N5O3S. The highest BCUT2D eigenvalue weighted by molar-refractivity contribution is 7.99. The Hall–Kier alpha value is -3.07. The highest BCUT2D eigenvalue weighted by Gasteiger charge is 2.14. The first-order valence-electron chi connectivity index (χ1n) is 9.88. The molecule has 0 radical (unpaired) electrons. The Kier molecular flexibility index (Phi) is 6.48. The van der Waals surface area contributed by atoms with Gasteiger partial charge in [-0.2, -0.15) is 4.68 Å². The summed E-state index contributed by atoms with van der Waals surface area (Å²) in [6.07, 6.45) is 3.41. The van der Waals surface area contributed by atoms with Gasteiger partial charge in [-0.15, -0.1) is 5.10 Å². The maximum atomic E-state index is 12.3. The minimum atomic E-state index is -0.0952. The zero-order valence-electron chi connectivity index (χ0n) is 16.7. The summed E-state index contributed by atoms with van der Waals surface area (Å²) in [6.45, 7) is 2.84. The molecule has 0 atom stereocenters. The van der Waals surface area contributed by atoms with Gasteiger partial charge in [-0.25, -0.2) is 0 Å². The molecule has 0 aliphatic carbocycles. The monoisotopic (exact) mass is 425 g/mol. The molecule has 0 spiro atoms. The van der Waals surface area contributed by atoms with Crippen molar-refractivity contribution in [3.63, 3.8) is 0 Å². The summed E-state index contributed by atoms with van der Waals surface area (Å²) in [5.41, 5.74) is 3.12. The SMILES string of the molecule is CCCCc1ccc(-n2nnnc2SCC(=O)NCc2ccc3c(c2)OCO3)cc1. The molecule has 8 nitrogen and oxygen atoms in total. The average molecular weight is 426 g/mol. The van der Waals surface area contributed by atoms with Crippen LogP contribution in [0, 0.1) is 0 Å². The van der Waals surface area contributed by atoms with Crippen molar-refractivity contribution in [2.75, 3.05) is 12.5 Å². The molecule has 0 saturated heterocycles. The summed E-state index contributed by atoms with van der Waals surface area (Å²) < 4.78 is 12.3. The van der Waals surface area contributed by atoms with Crippen LogP contribution in [0.1, 0.15) is 30.9 Å². The number of nitrogens with zero attached hydrogens (tertiary/aromatic N) is 4. The Morgan fingerprint density at radius 2 is 1.93 bits per heavy atom. The Labute approximate surface area is 179 Å². The molecule has 3 aromatic rings. The van der Waals surface area contributed by atoms with Crippen LogP contribution in [0.5, 0.6) is 11.5 Å². The number of hydrogen-bond acceptors (Lipinski definition) is 7. The number of aryl methyl sites for hydroxylation is 1. The molecule has 1 aliphatic heterocycles. The zero-order valence-corrected chi connectivity index (χ0v) is 17.5. The van der Waals surface area contributed by atoms with E-state index in [1.165, 1.54) is 30.2 Å². The smallest absolute Gasteiger partial charge is 0.231 e. The lowest BCUT2D eigenvalue weighted by molar-refractivity contribution is -0.118. The van der Waals surface area contributed by atoms with Gasteiger partial charge in [0, 0.05) is 6.54 Å². The van der Waals surface area contributed by atoms with Crippen LogP contribution in [0.4, 0.5) is 0 Å². The summed E-state index contributed by atoms with van der Waals surface area (Å²) in [5.74, 6) is 1.56. The van der Waals surface area contributed by atoms with Crippen molar-refractivity contribution in [1.82, 2.24) is 25.5 Å². The van der Waals surface area contributed by atoms with Gasteiger partial charge in [0.25, 0.3) is 0 Å². The van der Waals surface area contributed by atoms with Crippen LogP contribution in [0.3, 0.4) is 0 Å². The van der Waals surface area contributed by atoms with Crippen LogP contribution in [0.25, 0.3) is 5.69 Å². The lowest BCUT2D eigenvalue weighted by atomic mass is 10.1. The van der Waals surface area contributed by atoms with Gasteiger partial charge >= 0.3 is 0 Å². The van der Waals surface area contributed by atoms with E-state index in [4.69, 9.17) is 9.47 Å². The number of benzene rings is 2. The summed E-state index contributed by atoms with van der Waals surface area (Å²) in [6, 6.07) is 13.8. The van der Waals surface area contributed by atoms with Gasteiger partial charge in [0.1, 0.15) is 0 Å². The van der Waals surface area contributed by atoms with Crippen LogP contribution < -0.4 is 14.8 Å². The van der Waals surface area contributed by atoms with E-state index in [0.717, 1.165) is 23.4 Å². The standard InChI is InChI=1S/C21H23N5O3S/c1-2-3-4-15-5-8-17(9-6-15)26-21(23-24-25-26)30-13-20(27)22-12-16-7-10-18-19(11-16)29-14-28-18/h5-11H,2-4,12-14H2,1H3,(H,22,27). The fourth-order valence-corrected chi connectivity index (χ4v) is 3.77. The number of ether oxygens (including phenoxy) is 2. The number of carbonyl (C=O) groups excluding carboxylic acids is 1. The molecule has 1 amide bonds. The van der Waals surface area contributed by atoms with E-state index in [0.29, 0.717) is 17.5 Å². The van der Waals surface area contributed by atoms with E-state index in [2.05, 4.69) is 39.9 Å². The number of hydrogen-bond donors (Lipinski definition) is 1. The van der Waals surface area contributed by atoms with E-state index in [9.17, 15) is 4.79 Å². The van der Waals surface area contributed by atoms with Gasteiger partial charge in [0.05, 0.1) is 11.4 Å². The minimum absolute atomic E-state index is 0.0952. The largest absolute Gasteiger partial charge is 0.454 e. The molecule has 0 unspecified atom stereocenters. The zero-order chi connectivity index (χ0) is 20.8. The number of fused-ring (bicyclic) bond motifs is 1. The molecule has 0 bridgehead atoms. The quantitative estimate of drug-likeness (QED) is 0.527. The maximum Gasteiger partial charge on any atom is 0.231 e. The molecular weight excluding hydrogens is 402 g/mol. The van der Waals surface area contributed by atoms with Crippen molar-refractivity contribution in [3.8, 4) is 17.2 Å². The number of amides is 1. The molecule has 9 heteroatoms. The first-order chi connectivity index (χ1) is 14.7. The topological polar surface area (TPSA) is 91.2 Å². The maximum absolute atomic E-state index is 12.3. The van der Waals surface area contributed by atoms with Gasteiger partial charge in [-0.05, 0) is 58.7 Å². The van der Waals surface area contributed by atoms with Crippen molar-refractivity contribution in [3.05, 3.63) is 53.6 Å². The number of carbonyl (C=O) groups is 1. The predicted octanol–water partition coefficient (Wildman–Crippen LogP) is 3.14. The van der Waals surface area contributed by atoms with E-state index in [-0.39, 0.29) is 18.5 Å². The molecule has 1 N–H and O–H groups in total. The second-order valence-corrected chi connectivity index (χ2v) is 7.84. The minimum Gasteiger partial charge on any atom is -0.454 e. The van der Waals surface area contributed by atoms with E-state index >= 15 is 0 Å². The number of rotatable bonds is 9. The Balaban J connectivity index is 1.30. The van der Waals surface area contributed by atoms with Gasteiger partial charge in [0.2, 0.25) is 17.9 Å². The predicted molar refractivity (Wildman–Crippen MR) is 113 cm³/mol. The number of unbranched alkanes of at least 4 members (excludes halogenated alkanes) is 1. The van der Waals surface area contributed by atoms with Crippen LogP contribution >= 0.6 is 11.8 Å². The normalized spacial score (nSPS) is 12.2. The van der Waals surface area contributed by atoms with Crippen molar-refractivity contribution >= 4 is 17.7 Å². The van der Waals surface area contributed by atoms with Crippen molar-refractivity contribution < 1.29 is 14.3 Å². The second-order valence-electron chi connectivity index (χ2n) is 6.90. The highest BCUT2D eigenvalue weighted by atomic mass is 32.2. The van der Waals surface area contributed by atoms with Gasteiger partial charge < -0.3 is 14.8 Å². The van der Waals surface area contributed by atoms with E-state index < -0.39 is 0 Å². The van der Waals surface area contributed by atoms with Crippen LogP contribution in [-0.4, -0.2) is 38.7 Å². The summed E-state index contributed by atoms with van der Waals surface area (Å²) >= 11 is 1.30. The Bertz CT molecular complexity index is 1010. The molecule has 30 heavy (non-hydrogen) atoms. The third-order valence-electron chi connectivity index (χ3n) is 4.70. The first kappa shape index (κ1) is 20.2. The van der Waals surface area contributed by atoms with Crippen LogP contribution in [-0.2, 0) is 17.8 Å². The molecule has 1 aliphatic rings. The number of nitrogens with one attached hydrogen (secondary N) is 1. The van der Waals surface area contributed by atoms with Gasteiger partial charge in [-0.1, -0.05) is 43.3 Å². The van der Waals surface area contributed by atoms with Gasteiger partial charge in [-0.3, -0.25) is 4.79 Å². The molecule has 0 fully saturated rings. The number of tetrazole rings is 1. The highest BCUT2D eigenvalue weighted by Crippen LogP contribution is 2.32. The lowest BCUT2D eigenvalue weighted by Gasteiger charge is -2.07. The van der Waals surface area contributed by atoms with Crippen LogP contribution in [0.2, 0.25) is 0 Å². The number of aromatic nitrogens is 4. The Morgan fingerprint density at radius 3 is 2.77 bits per heavy atom. The van der Waals surface area contributed by atoms with E-state index in [1.54, 1.807) is 4.68 Å². The van der Waals surface area contributed by atoms with Crippen molar-refractivity contribution in [2.45, 2.75) is 37.9 Å². The molecule has 1 aromatic heterocycles. The van der Waals surface area contributed by atoms with Crippen molar-refractivity contribution in [1.29, 1.82) is 0 Å². The lowest BCUT2D eigenvalue weighted by Crippen LogP contribution is -2.24. The average Bonchev–Trinajstić information content (AvgIpc) is 3.44. The van der Waals surface area contributed by atoms with E-state index in [1.807, 2.05) is 30.3 Å². The van der Waals surface area contributed by atoms with Crippen molar-refractivity contribution in [2.24, 2.45) is 0 Å². The van der Waals surface area contributed by atoms with Gasteiger partial charge in [0.15, 0.2) is 11.5 Å². The fraction of sp³-hybridized carbons (Fsp3) is 0.333. The third kappa shape index (κ3) is 4.91. The molecule has 4 rings (SSSR count). The third-order valence-corrected chi connectivity index (χ3v) is 5.62. The second kappa shape index (κ2) is 9.62. The summed E-state index contributed by atoms with van der Waals surface area (Å²) in [5, 5.41) is 15.4. The Morgan fingerprint density at radius 1 is 1.13 bits per heavy atom. The molecule has 2 heterocycles. The molecule has 0 saturated carbocycles. The summed E-state index contributed by atoms with van der Waals surface area (Å²) in [7, 11) is 0. The summed E-state index contributed by atoms with van der Waals surface area (Å²) in [4.78, 5) is 12.3. The first-order valence-corrected chi connectivity index (χ1v) is 10.9. The van der Waals surface area contributed by atoms with Crippen LogP contribution in [0.15, 0.2) is 47.6 Å². The number of thioether (sulfide) groups is 1. The fourth-order valence-electron chi connectivity index (χ4n) is 3.05. The molecule has 2 aromatic carbocycles.